The molecule has 39 heteroatoms. The number of carboxylic acid groups (broad SMARTS) is 1. The molecule has 0 saturated carbocycles. The van der Waals surface area contributed by atoms with Crippen molar-refractivity contribution in [2.24, 2.45) is 64.0 Å². The Hall–Kier alpha value is -10.3. The molecule has 0 unspecified atom stereocenters. The van der Waals surface area contributed by atoms with Gasteiger partial charge in [-0.2, -0.15) is 0 Å². The Balaban J connectivity index is 1.98. The number of aromatic amines is 1. The first-order valence-corrected chi connectivity index (χ1v) is 44.8. The molecule has 3 aromatic rings. The predicted octanol–water partition coefficient (Wildman–Crippen LogP) is -1.36. The van der Waals surface area contributed by atoms with Gasteiger partial charge in [0.2, 0.25) is 82.7 Å². The molecular formula is C88H149N21O18. The molecule has 3 rings (SSSR count). The molecule has 714 valence electrons. The molecule has 14 amide bonds. The minimum Gasteiger partial charge on any atom is -0.480 e. The number of carbonyl (C=O) groups excluding carboxylic acids is 14. The number of aliphatic carboxylic acids is 1. The largest absolute Gasteiger partial charge is 0.480 e. The lowest BCUT2D eigenvalue weighted by Gasteiger charge is -2.30. The summed E-state index contributed by atoms with van der Waals surface area (Å²) in [6, 6.07) is -3.11. The number of aliphatic hydroxyl groups is 2. The number of H-pyrrole nitrogens is 1. The second-order valence-corrected chi connectivity index (χ2v) is 34.7. The van der Waals surface area contributed by atoms with Crippen LogP contribution in [-0.2, 0) is 84.8 Å². The number of hydrogen-bond donors (Lipinski definition) is 24. The molecule has 0 saturated heterocycles. The van der Waals surface area contributed by atoms with E-state index in [-0.39, 0.29) is 102 Å². The Labute approximate surface area is 746 Å². The Kier molecular flexibility index (Phi) is 51.5. The van der Waals surface area contributed by atoms with E-state index in [0.717, 1.165) is 24.8 Å². The van der Waals surface area contributed by atoms with Crippen molar-refractivity contribution in [2.45, 2.75) is 308 Å². The van der Waals surface area contributed by atoms with Crippen LogP contribution in [0.2, 0.25) is 0 Å². The number of unbranched alkanes of at least 4 members (excludes halogenated alkanes) is 5. The summed E-state index contributed by atoms with van der Waals surface area (Å²) in [4.78, 5) is 216. The van der Waals surface area contributed by atoms with Gasteiger partial charge in [-0.05, 0) is 203 Å². The summed E-state index contributed by atoms with van der Waals surface area (Å²) in [6.45, 7) is 20.0. The van der Waals surface area contributed by atoms with E-state index < -0.39 is 204 Å². The van der Waals surface area contributed by atoms with Crippen LogP contribution in [0, 0.1) is 29.6 Å². The number of rotatable bonds is 63. The van der Waals surface area contributed by atoms with E-state index >= 15 is 4.79 Å². The monoisotopic (exact) mass is 1790 g/mol. The van der Waals surface area contributed by atoms with Gasteiger partial charge in [0.05, 0.1) is 18.2 Å². The fraction of sp³-hybridized carbons (Fsp3) is 0.670. The molecule has 0 aliphatic rings. The summed E-state index contributed by atoms with van der Waals surface area (Å²) < 4.78 is 0. The molecule has 0 spiro atoms. The van der Waals surface area contributed by atoms with Crippen LogP contribution in [-0.4, -0.2) is 245 Å². The van der Waals surface area contributed by atoms with Gasteiger partial charge < -0.3 is 129 Å². The van der Waals surface area contributed by atoms with Gasteiger partial charge in [0.25, 0.3) is 0 Å². The van der Waals surface area contributed by atoms with Crippen molar-refractivity contribution in [2.75, 3.05) is 39.3 Å². The van der Waals surface area contributed by atoms with E-state index in [1.807, 2.05) is 43.4 Å². The first-order valence-electron chi connectivity index (χ1n) is 44.8. The Morgan fingerprint density at radius 1 is 0.323 bits per heavy atom. The van der Waals surface area contributed by atoms with Gasteiger partial charge in [0, 0.05) is 29.9 Å². The first kappa shape index (κ1) is 111. The summed E-state index contributed by atoms with van der Waals surface area (Å²) in [5.41, 5.74) is 37.9. The van der Waals surface area contributed by atoms with E-state index in [1.165, 1.54) is 0 Å². The number of nitrogens with two attached hydrogens (primary N) is 6. The van der Waals surface area contributed by atoms with Gasteiger partial charge in [-0.15, -0.1) is 0 Å². The van der Waals surface area contributed by atoms with Gasteiger partial charge in [-0.3, -0.25) is 71.9 Å². The lowest BCUT2D eigenvalue weighted by atomic mass is 9.98. The van der Waals surface area contributed by atoms with E-state index in [1.54, 1.807) is 91.9 Å². The van der Waals surface area contributed by atoms with Gasteiger partial charge >= 0.3 is 5.97 Å². The van der Waals surface area contributed by atoms with Crippen LogP contribution in [0.5, 0.6) is 0 Å². The predicted molar refractivity (Wildman–Crippen MR) is 482 cm³/mol. The van der Waals surface area contributed by atoms with Crippen molar-refractivity contribution < 1.29 is 87.2 Å². The van der Waals surface area contributed by atoms with Gasteiger partial charge in [0.15, 0.2) is 0 Å². The number of amides is 14. The molecule has 30 N–H and O–H groups in total. The molecule has 0 aliphatic carbocycles. The second kappa shape index (κ2) is 59.0. The summed E-state index contributed by atoms with van der Waals surface area (Å²) in [7, 11) is 0. The van der Waals surface area contributed by atoms with E-state index in [2.05, 4.69) is 74.1 Å². The average molecular weight is 1790 g/mol. The number of aliphatic hydroxyl groups excluding tert-OH is 2. The molecule has 2 aromatic carbocycles. The minimum atomic E-state index is -1.78. The molecular weight excluding hydrogens is 1640 g/mol. The van der Waals surface area contributed by atoms with Crippen LogP contribution in [0.3, 0.4) is 0 Å². The molecule has 0 bridgehead atoms. The van der Waals surface area contributed by atoms with Crippen molar-refractivity contribution in [3.8, 4) is 0 Å². The summed E-state index contributed by atoms with van der Waals surface area (Å²) in [6.07, 6.45) is 2.98. The van der Waals surface area contributed by atoms with Crippen molar-refractivity contribution >= 4 is 99.6 Å². The number of carboxylic acids is 1. The highest BCUT2D eigenvalue weighted by molar-refractivity contribution is 6.01. The number of fused-ring (bicyclic) bond motifs is 1. The lowest BCUT2D eigenvalue weighted by molar-refractivity contribution is -0.140. The maximum absolute atomic E-state index is 15.1. The zero-order valence-corrected chi connectivity index (χ0v) is 76.2. The molecule has 1 aromatic heterocycles. The number of para-hydroxylation sites is 1. The topological polar surface area (TPSA) is 657 Å². The molecule has 0 aliphatic heterocycles. The number of carbonyl (C=O) groups is 15. The van der Waals surface area contributed by atoms with Crippen LogP contribution < -0.4 is 109 Å². The van der Waals surface area contributed by atoms with Gasteiger partial charge in [0.1, 0.15) is 85.1 Å². The fourth-order valence-electron chi connectivity index (χ4n) is 14.2. The summed E-state index contributed by atoms with van der Waals surface area (Å²) >= 11 is 0. The third kappa shape index (κ3) is 40.7. The summed E-state index contributed by atoms with van der Waals surface area (Å²) in [5, 5.41) is 68.3. The van der Waals surface area contributed by atoms with Crippen molar-refractivity contribution in [3.05, 3.63) is 71.9 Å². The smallest absolute Gasteiger partial charge is 0.322 e. The van der Waals surface area contributed by atoms with Gasteiger partial charge in [-0.25, -0.2) is 0 Å². The third-order valence-corrected chi connectivity index (χ3v) is 21.3. The van der Waals surface area contributed by atoms with Crippen molar-refractivity contribution in [3.63, 3.8) is 0 Å². The SMILES string of the molecule is CC(C)C[C@H](NC(=O)[C@H](CCCCN)NC(=O)[C@H](Cc1c[nH]c2ccccc12)NC(=O)[C@@H](N)CCCCN)C(=O)N[C@@H](Cc1ccccc1)C(=O)N[C@@H](CCCCN)C(=O)N[C@@H](CCCCN)C(=O)N[C@H](C(=O)N[C@@H](CC(C)C)C(=O)N[C@@H](CCCCN)C(=O)N[C@H](C(=O)N[C@@H](CC(C)C)C(=O)N[C@H](C(=O)N[C@H](C(=O)NCC(=O)O)[C@@H](C)O)[C@@H](C)O)C(C)C)C(C)C. The van der Waals surface area contributed by atoms with Crippen LogP contribution in [0.4, 0.5) is 0 Å². The highest BCUT2D eigenvalue weighted by Crippen LogP contribution is 2.22. The van der Waals surface area contributed by atoms with Crippen LogP contribution in [0.15, 0.2) is 60.8 Å². The second-order valence-electron chi connectivity index (χ2n) is 34.7. The summed E-state index contributed by atoms with van der Waals surface area (Å²) in [5.74, 6) is -15.3. The molecule has 16 atom stereocenters. The Bertz CT molecular complexity index is 3960. The maximum atomic E-state index is 15.1. The van der Waals surface area contributed by atoms with Crippen LogP contribution in [0.1, 0.15) is 210 Å². The molecule has 39 nitrogen and oxygen atoms in total. The molecule has 0 fully saturated rings. The Morgan fingerprint density at radius 3 is 0.992 bits per heavy atom. The fourth-order valence-corrected chi connectivity index (χ4v) is 14.2. The van der Waals surface area contributed by atoms with Crippen molar-refractivity contribution in [1.82, 2.24) is 79.4 Å². The molecule has 0 radical (unpaired) electrons. The molecule has 1 heterocycles. The zero-order valence-electron chi connectivity index (χ0n) is 76.2. The molecule has 127 heavy (non-hydrogen) atoms. The average Bonchev–Trinajstić information content (AvgIpc) is 1.72. The van der Waals surface area contributed by atoms with Gasteiger partial charge in [-0.1, -0.05) is 124 Å². The number of benzene rings is 2. The standard InChI is InChI=1S/C88H149N21O18/c1-49(2)42-65(102-77(116)62(34-20-25-39-91)99-83(122)69(101-75(114)59(94)31-18-23-37-89)46-57-47-95-60-32-17-16-30-58(57)60)81(120)103-68(45-56-28-14-13-15-29-56)82(121)98-61(33-19-24-38-90)76(115)97-63(35-21-26-40-92)78(117)106-71(52(7)8)86(125)104-66(43-50(3)4)80(119)100-64(36-22-27-41-93)79(118)107-72(53(9)10)87(126)105-67(44-51(5)6)84(123)108-74(55(12)111)88(127)109-73(54(11)110)85(124)96-48-70(112)113/h13-17,28-30,32,47,49-55,59,61-69,71-74,95,110-111H,18-27,31,33-46,48,89-94H2,1-12H3,(H,96,124)(H,97,115)(H,98,121)(H,99,122)(H,100,119)(H,101,114)(H,102,116)(H,103,120)(H,104,125)(H,105,126)(H,106,117)(H,107,118)(H,108,123)(H,109,127)(H,112,113)/t54-,55-,59+,61+,62+,63+,64+,65+,66+,67+,68+,69+,71+,72+,73+,74+/m1/s1. The normalized spacial score (nSPS) is 15.3. The quantitative estimate of drug-likeness (QED) is 0.0290. The third-order valence-electron chi connectivity index (χ3n) is 21.3. The highest BCUT2D eigenvalue weighted by Gasteiger charge is 2.41. The zero-order chi connectivity index (χ0) is 95.2. The highest BCUT2D eigenvalue weighted by atomic mass is 16.4. The maximum Gasteiger partial charge on any atom is 0.322 e. The number of aromatic nitrogens is 1. The number of hydrogen-bond acceptors (Lipinski definition) is 23. The number of nitrogens with one attached hydrogen (secondary N) is 15. The van der Waals surface area contributed by atoms with Crippen LogP contribution >= 0.6 is 0 Å². The lowest BCUT2D eigenvalue weighted by Crippen LogP contribution is -2.63. The van der Waals surface area contributed by atoms with E-state index in [4.69, 9.17) is 39.5 Å². The van der Waals surface area contributed by atoms with Crippen LogP contribution in [0.25, 0.3) is 10.9 Å². The first-order chi connectivity index (χ1) is 60.1. The van der Waals surface area contributed by atoms with Crippen molar-refractivity contribution in [1.29, 1.82) is 0 Å². The van der Waals surface area contributed by atoms with E-state index in [9.17, 15) is 77.3 Å². The minimum absolute atomic E-state index is 0.00780. The van der Waals surface area contributed by atoms with E-state index in [0.29, 0.717) is 88.3 Å². The Morgan fingerprint density at radius 2 is 0.614 bits per heavy atom.